The summed E-state index contributed by atoms with van der Waals surface area (Å²) in [5.74, 6) is 0. The monoisotopic (exact) mass is 828 g/mol. The van der Waals surface area contributed by atoms with Crippen molar-refractivity contribution in [1.29, 1.82) is 0 Å². The molecule has 12 rings (SSSR count). The molecule has 0 saturated carbocycles. The molecule has 0 unspecified atom stereocenters. The van der Waals surface area contributed by atoms with E-state index in [1.807, 2.05) is 0 Å². The summed E-state index contributed by atoms with van der Waals surface area (Å²) in [6.07, 6.45) is 0. The number of rotatable bonds is 2. The Morgan fingerprint density at radius 2 is 0.946 bits per heavy atom. The summed E-state index contributed by atoms with van der Waals surface area (Å²) in [7, 11) is 0. The van der Waals surface area contributed by atoms with E-state index in [0.29, 0.717) is 0 Å². The Bertz CT molecular complexity index is 3280. The first-order valence-electron chi connectivity index (χ1n) is 19.6. The van der Waals surface area contributed by atoms with Crippen molar-refractivity contribution in [3.8, 4) is 16.8 Å². The summed E-state index contributed by atoms with van der Waals surface area (Å²) in [5, 5.41) is 10.3. The minimum Gasteiger partial charge on any atom is -0.310 e. The Kier molecular flexibility index (Phi) is 6.55. The summed E-state index contributed by atoms with van der Waals surface area (Å²) in [5.41, 5.74) is 15.2. The van der Waals surface area contributed by atoms with E-state index in [1.165, 1.54) is 98.9 Å². The van der Waals surface area contributed by atoms with Crippen LogP contribution < -0.4 is 4.90 Å². The van der Waals surface area contributed by atoms with Crippen molar-refractivity contribution >= 4 is 93.8 Å². The van der Waals surface area contributed by atoms with E-state index in [9.17, 15) is 0 Å². The van der Waals surface area contributed by atoms with Gasteiger partial charge in [-0.1, -0.05) is 164 Å². The quantitative estimate of drug-likeness (QED) is 0.0957. The van der Waals surface area contributed by atoms with Gasteiger partial charge >= 0.3 is 0 Å². The largest absolute Gasteiger partial charge is 0.310 e. The van der Waals surface area contributed by atoms with E-state index in [2.05, 4.69) is 223 Å². The van der Waals surface area contributed by atoms with Gasteiger partial charge in [-0.15, -0.1) is 0 Å². The molecule has 0 saturated heterocycles. The Morgan fingerprint density at radius 3 is 1.61 bits per heavy atom. The van der Waals surface area contributed by atoms with Gasteiger partial charge in [-0.05, 0) is 115 Å². The first kappa shape index (κ1) is 32.3. The molecule has 2 nitrogen and oxygen atoms in total. The van der Waals surface area contributed by atoms with Crippen LogP contribution in [0.3, 0.4) is 0 Å². The van der Waals surface area contributed by atoms with Crippen LogP contribution in [0.1, 0.15) is 43.0 Å². The lowest BCUT2D eigenvalue weighted by molar-refractivity contribution is 0.664. The zero-order valence-electron chi connectivity index (χ0n) is 31.4. The molecule has 1 aliphatic carbocycles. The lowest BCUT2D eigenvalue weighted by Crippen LogP contribution is -2.28. The maximum absolute atomic E-state index is 2.64. The molecule has 0 amide bonds. The number of para-hydroxylation sites is 2. The van der Waals surface area contributed by atoms with Crippen molar-refractivity contribution in [3.05, 3.63) is 192 Å². The highest BCUT2D eigenvalue weighted by Crippen LogP contribution is 2.56. The predicted molar refractivity (Wildman–Crippen MR) is 246 cm³/mol. The number of anilines is 3. The number of hydrogen-bond donors (Lipinski definition) is 0. The first-order chi connectivity index (χ1) is 27.3. The molecule has 266 valence electrons. The molecule has 10 aromatic rings. The zero-order chi connectivity index (χ0) is 37.5. The van der Waals surface area contributed by atoms with E-state index in [0.717, 1.165) is 11.4 Å². The van der Waals surface area contributed by atoms with Gasteiger partial charge in [0.05, 0.1) is 25.8 Å². The van der Waals surface area contributed by atoms with Crippen molar-refractivity contribution in [2.75, 3.05) is 4.90 Å². The Hall–Kier alpha value is -5.91. The molecule has 0 fully saturated rings. The topological polar surface area (TPSA) is 8.17 Å². The van der Waals surface area contributed by atoms with Crippen LogP contribution >= 0.6 is 22.6 Å². The van der Waals surface area contributed by atoms with E-state index in [4.69, 9.17) is 0 Å². The van der Waals surface area contributed by atoms with Crippen molar-refractivity contribution < 1.29 is 0 Å². The van der Waals surface area contributed by atoms with Crippen molar-refractivity contribution in [1.82, 2.24) is 4.57 Å². The minimum absolute atomic E-state index is 0.152. The Labute approximate surface area is 339 Å². The molecule has 56 heavy (non-hydrogen) atoms. The number of benzene rings is 9. The Balaban J connectivity index is 1.22. The van der Waals surface area contributed by atoms with Crippen LogP contribution in [0, 0.1) is 0 Å². The number of nitrogens with zero attached hydrogens (tertiary/aromatic N) is 2. The number of aromatic nitrogens is 1. The molecule has 0 N–H and O–H groups in total. The molecule has 2 aliphatic rings. The fraction of sp³-hybridized carbons (Fsp3) is 0.0943. The molecule has 0 radical (unpaired) electrons. The molecule has 1 aromatic heterocycles. The highest BCUT2D eigenvalue weighted by Gasteiger charge is 2.40. The van der Waals surface area contributed by atoms with Gasteiger partial charge in [0.2, 0.25) is 0 Å². The fourth-order valence-corrected chi connectivity index (χ4v) is 11.4. The zero-order valence-corrected chi connectivity index (χ0v) is 33.6. The van der Waals surface area contributed by atoms with Gasteiger partial charge in [-0.25, -0.2) is 0 Å². The van der Waals surface area contributed by atoms with Crippen molar-refractivity contribution in [2.24, 2.45) is 0 Å². The van der Waals surface area contributed by atoms with Crippen LogP contribution in [0.5, 0.6) is 0 Å². The van der Waals surface area contributed by atoms with Crippen LogP contribution in [0.25, 0.3) is 70.9 Å². The van der Waals surface area contributed by atoms with E-state index in [-0.39, 0.29) is 8.84 Å². The number of halogens is 1. The molecule has 0 bridgehead atoms. The summed E-state index contributed by atoms with van der Waals surface area (Å²) < 4.78 is 2.44. The predicted octanol–water partition coefficient (Wildman–Crippen LogP) is 15.0. The average molecular weight is 829 g/mol. The number of fused-ring (bicyclic) bond motifs is 15. The summed E-state index contributed by atoms with van der Waals surface area (Å²) >= 11 is 2.64. The summed E-state index contributed by atoms with van der Waals surface area (Å²) in [6.45, 7) is 7.17. The second kappa shape index (κ2) is 11.3. The van der Waals surface area contributed by atoms with Gasteiger partial charge in [-0.2, -0.15) is 0 Å². The van der Waals surface area contributed by atoms with Crippen LogP contribution in [0.2, 0.25) is 0 Å². The molecule has 9 aromatic carbocycles. The standard InChI is InChI=1S/C53H37IN2/c1-52(2)44-22-9-8-21-38(44)39-27-28-40-43-30-41-36-19-6-4-17-34(36)35-18-5-7-20-37(35)42(41)31-49(43)56(51(40)50(39)52)33-16-14-15-32(29-33)55-47-25-12-10-23-45(47)53(3,54)46-24-11-13-26-48(46)55/h4-31H,1-3H3. The molecule has 1 aliphatic heterocycles. The third-order valence-electron chi connectivity index (χ3n) is 13.0. The third kappa shape index (κ3) is 4.16. The smallest absolute Gasteiger partial charge is 0.0731 e. The van der Waals surface area contributed by atoms with Gasteiger partial charge in [0.15, 0.2) is 0 Å². The summed E-state index contributed by atoms with van der Waals surface area (Å²) in [6, 6.07) is 63.7. The minimum atomic E-state index is -0.191. The van der Waals surface area contributed by atoms with Crippen molar-refractivity contribution in [3.63, 3.8) is 0 Å². The lowest BCUT2D eigenvalue weighted by atomic mass is 9.81. The lowest BCUT2D eigenvalue weighted by Gasteiger charge is -2.41. The molecule has 3 heteroatoms. The van der Waals surface area contributed by atoms with E-state index >= 15 is 0 Å². The average Bonchev–Trinajstić information content (AvgIpc) is 3.68. The fourth-order valence-electron chi connectivity index (χ4n) is 10.5. The van der Waals surface area contributed by atoms with Crippen molar-refractivity contribution in [2.45, 2.75) is 29.6 Å². The molecule has 0 atom stereocenters. The normalized spacial score (nSPS) is 15.0. The maximum Gasteiger partial charge on any atom is 0.0731 e. The van der Waals surface area contributed by atoms with Crippen LogP contribution in [-0.4, -0.2) is 4.57 Å². The third-order valence-corrected chi connectivity index (χ3v) is 14.1. The molecular formula is C53H37IN2. The highest BCUT2D eigenvalue weighted by atomic mass is 127. The van der Waals surface area contributed by atoms with Gasteiger partial charge < -0.3 is 9.47 Å². The molecular weight excluding hydrogens is 792 g/mol. The van der Waals surface area contributed by atoms with Gasteiger partial charge in [0, 0.05) is 27.6 Å². The van der Waals surface area contributed by atoms with E-state index in [1.54, 1.807) is 0 Å². The number of hydrogen-bond acceptors (Lipinski definition) is 1. The SMILES string of the molecule is CC1(C)c2ccccc2-c2ccc3c4cc5c6ccccc6c6ccccc6c5cc4n(-c4cccc(N5c6ccccc6C(C)(I)c6ccccc65)c4)c3c21. The molecule has 2 heterocycles. The van der Waals surface area contributed by atoms with Crippen LogP contribution in [0.4, 0.5) is 17.1 Å². The first-order valence-corrected chi connectivity index (χ1v) is 20.6. The Morgan fingerprint density at radius 1 is 0.411 bits per heavy atom. The van der Waals surface area contributed by atoms with Gasteiger partial charge in [-0.3, -0.25) is 0 Å². The van der Waals surface area contributed by atoms with E-state index < -0.39 is 0 Å². The summed E-state index contributed by atoms with van der Waals surface area (Å²) in [4.78, 5) is 2.47. The van der Waals surface area contributed by atoms with Crippen LogP contribution in [-0.2, 0) is 8.84 Å². The van der Waals surface area contributed by atoms with Gasteiger partial charge in [0.1, 0.15) is 0 Å². The highest BCUT2D eigenvalue weighted by molar-refractivity contribution is 14.1. The van der Waals surface area contributed by atoms with Crippen LogP contribution in [0.15, 0.2) is 170 Å². The second-order valence-electron chi connectivity index (χ2n) is 16.3. The number of alkyl halides is 1. The maximum atomic E-state index is 2.64. The van der Waals surface area contributed by atoms with Gasteiger partial charge in [0.25, 0.3) is 0 Å². The molecule has 0 spiro atoms. The second-order valence-corrected chi connectivity index (χ2v) is 18.4.